The van der Waals surface area contributed by atoms with Crippen LogP contribution in [0.2, 0.25) is 0 Å². The quantitative estimate of drug-likeness (QED) is 0.342. The molecule has 0 saturated carbocycles. The number of rotatable bonds is 4. The van der Waals surface area contributed by atoms with Gasteiger partial charge >= 0.3 is 11.9 Å². The van der Waals surface area contributed by atoms with Gasteiger partial charge in [-0.1, -0.05) is 20.4 Å². The molecule has 2 unspecified atom stereocenters. The molecular formula is C20H28O7. The monoisotopic (exact) mass is 380 g/mol. The van der Waals surface area contributed by atoms with Crippen molar-refractivity contribution in [2.45, 2.75) is 63.6 Å². The zero-order chi connectivity index (χ0) is 19.9. The summed E-state index contributed by atoms with van der Waals surface area (Å²) in [5.74, 6) is -1.69. The molecule has 150 valence electrons. The molecule has 6 atom stereocenters. The Hall–Kier alpha value is -1.70. The van der Waals surface area contributed by atoms with Crippen molar-refractivity contribution in [2.24, 2.45) is 11.8 Å². The highest BCUT2D eigenvalue weighted by Gasteiger charge is 2.58. The molecule has 0 aromatic rings. The van der Waals surface area contributed by atoms with Crippen LogP contribution in [0.4, 0.5) is 0 Å². The van der Waals surface area contributed by atoms with E-state index in [2.05, 4.69) is 6.58 Å². The first kappa shape index (κ1) is 20.0. The highest BCUT2D eigenvalue weighted by molar-refractivity contribution is 5.91. The number of esters is 2. The van der Waals surface area contributed by atoms with Crippen LogP contribution in [-0.2, 0) is 28.5 Å². The molecule has 0 aromatic carbocycles. The van der Waals surface area contributed by atoms with Crippen molar-refractivity contribution in [3.8, 4) is 0 Å². The van der Waals surface area contributed by atoms with E-state index in [1.54, 1.807) is 27.0 Å². The van der Waals surface area contributed by atoms with Gasteiger partial charge in [-0.2, -0.15) is 0 Å². The smallest absolute Gasteiger partial charge is 0.334 e. The van der Waals surface area contributed by atoms with Gasteiger partial charge in [0.15, 0.2) is 0 Å². The van der Waals surface area contributed by atoms with Crippen molar-refractivity contribution in [1.29, 1.82) is 0 Å². The van der Waals surface area contributed by atoms with Crippen LogP contribution in [0.15, 0.2) is 23.8 Å². The molecule has 2 saturated heterocycles. The second-order valence-electron chi connectivity index (χ2n) is 8.03. The van der Waals surface area contributed by atoms with Gasteiger partial charge in [0.25, 0.3) is 0 Å². The maximum Gasteiger partial charge on any atom is 0.334 e. The van der Waals surface area contributed by atoms with Gasteiger partial charge in [-0.3, -0.25) is 4.79 Å². The average Bonchev–Trinajstić information content (AvgIpc) is 3.15. The third-order valence-electron chi connectivity index (χ3n) is 5.73. The van der Waals surface area contributed by atoms with Crippen LogP contribution in [0.5, 0.6) is 0 Å². The van der Waals surface area contributed by atoms with Gasteiger partial charge in [-0.25, -0.2) is 4.79 Å². The van der Waals surface area contributed by atoms with Crippen molar-refractivity contribution in [2.75, 3.05) is 13.7 Å². The third-order valence-corrected chi connectivity index (χ3v) is 5.73. The molecule has 2 heterocycles. The Balaban J connectivity index is 2.00. The van der Waals surface area contributed by atoms with Gasteiger partial charge in [0.05, 0.1) is 36.3 Å². The van der Waals surface area contributed by atoms with Crippen LogP contribution in [0.1, 0.15) is 33.6 Å². The van der Waals surface area contributed by atoms with Crippen molar-refractivity contribution in [3.05, 3.63) is 23.8 Å². The lowest BCUT2D eigenvalue weighted by Crippen LogP contribution is -2.39. The maximum absolute atomic E-state index is 12.3. The lowest BCUT2D eigenvalue weighted by Gasteiger charge is -2.30. The molecule has 1 aliphatic carbocycles. The van der Waals surface area contributed by atoms with E-state index in [1.165, 1.54) is 0 Å². The average molecular weight is 380 g/mol. The number of carbonyl (C=O) groups excluding carboxylic acids is 2. The molecule has 0 radical (unpaired) electrons. The molecule has 3 aliphatic rings. The van der Waals surface area contributed by atoms with Crippen LogP contribution in [0.3, 0.4) is 0 Å². The van der Waals surface area contributed by atoms with Crippen molar-refractivity contribution in [1.82, 2.24) is 0 Å². The van der Waals surface area contributed by atoms with Crippen LogP contribution in [0, 0.1) is 11.8 Å². The molecule has 7 heteroatoms. The predicted molar refractivity (Wildman–Crippen MR) is 95.7 cm³/mol. The van der Waals surface area contributed by atoms with E-state index in [9.17, 15) is 14.7 Å². The summed E-state index contributed by atoms with van der Waals surface area (Å²) in [5, 5.41) is 9.83. The van der Waals surface area contributed by atoms with E-state index in [0.29, 0.717) is 18.4 Å². The summed E-state index contributed by atoms with van der Waals surface area (Å²) in [7, 11) is 1.57. The lowest BCUT2D eigenvalue weighted by atomic mass is 9.82. The summed E-state index contributed by atoms with van der Waals surface area (Å²) in [5.41, 5.74) is 0.390. The Kier molecular flexibility index (Phi) is 5.47. The summed E-state index contributed by atoms with van der Waals surface area (Å²) in [4.78, 5) is 24.5. The highest BCUT2D eigenvalue weighted by atomic mass is 16.6. The Morgan fingerprint density at radius 2 is 2.19 bits per heavy atom. The van der Waals surface area contributed by atoms with Gasteiger partial charge in [0, 0.05) is 25.5 Å². The Morgan fingerprint density at radius 3 is 2.78 bits per heavy atom. The fourth-order valence-corrected chi connectivity index (χ4v) is 3.94. The van der Waals surface area contributed by atoms with Gasteiger partial charge in [-0.05, 0) is 18.6 Å². The molecule has 0 aromatic heterocycles. The number of hydrogen-bond donors (Lipinski definition) is 1. The predicted octanol–water partition coefficient (Wildman–Crippen LogP) is 1.54. The Labute approximate surface area is 159 Å². The van der Waals surface area contributed by atoms with Crippen molar-refractivity contribution < 1.29 is 33.6 Å². The lowest BCUT2D eigenvalue weighted by molar-refractivity contribution is -0.157. The maximum atomic E-state index is 12.3. The van der Waals surface area contributed by atoms with Crippen molar-refractivity contribution in [3.63, 3.8) is 0 Å². The Bertz CT molecular complexity index is 667. The normalized spacial score (nSPS) is 40.5. The molecule has 0 amide bonds. The van der Waals surface area contributed by atoms with Crippen LogP contribution >= 0.6 is 0 Å². The molecule has 0 spiro atoms. The highest BCUT2D eigenvalue weighted by Crippen LogP contribution is 2.48. The number of aliphatic hydroxyl groups is 1. The van der Waals surface area contributed by atoms with E-state index < -0.39 is 29.7 Å². The zero-order valence-corrected chi connectivity index (χ0v) is 16.3. The van der Waals surface area contributed by atoms with Gasteiger partial charge in [0.1, 0.15) is 12.2 Å². The standard InChI is InChI=1S/C20H28O7/c1-10(2)18(22)26-15-8-20(4)16(27-20)7-13(24-5)12(9-21)6-14-17(15)11(3)19(23)25-14/h6,10,13-17,21H,3,7-9H2,1-2,4-5H3/b12-6-/t13?,14-,15?,16+,17+,20+/m1/s1. The second-order valence-corrected chi connectivity index (χ2v) is 8.03. The Morgan fingerprint density at radius 1 is 1.48 bits per heavy atom. The number of hydrogen-bond acceptors (Lipinski definition) is 7. The van der Waals surface area contributed by atoms with E-state index in [4.69, 9.17) is 18.9 Å². The number of carbonyl (C=O) groups is 2. The summed E-state index contributed by atoms with van der Waals surface area (Å²) >= 11 is 0. The van der Waals surface area contributed by atoms with Crippen molar-refractivity contribution >= 4 is 11.9 Å². The molecule has 3 rings (SSSR count). The van der Waals surface area contributed by atoms with Gasteiger partial charge in [0.2, 0.25) is 0 Å². The van der Waals surface area contributed by atoms with Crippen LogP contribution < -0.4 is 0 Å². The van der Waals surface area contributed by atoms with E-state index in [0.717, 1.165) is 0 Å². The molecule has 1 N–H and O–H groups in total. The van der Waals surface area contributed by atoms with Gasteiger partial charge in [-0.15, -0.1) is 0 Å². The molecular weight excluding hydrogens is 352 g/mol. The van der Waals surface area contributed by atoms with E-state index >= 15 is 0 Å². The number of aliphatic hydroxyl groups excluding tert-OH is 1. The SMILES string of the molecule is C=C1C(=O)O[C@@H]2/C=C(/CO)C(OC)C[C@@H]3O[C@@]3(C)CC(OC(=O)C(C)C)[C@@H]12. The molecule has 2 fully saturated rings. The second kappa shape index (κ2) is 7.37. The summed E-state index contributed by atoms with van der Waals surface area (Å²) in [6.45, 7) is 9.12. The number of epoxide rings is 1. The molecule has 2 aliphatic heterocycles. The van der Waals surface area contributed by atoms with E-state index in [-0.39, 0.29) is 36.3 Å². The number of fused-ring (bicyclic) bond motifs is 2. The fourth-order valence-electron chi connectivity index (χ4n) is 3.94. The minimum Gasteiger partial charge on any atom is -0.461 e. The molecule has 0 bridgehead atoms. The van der Waals surface area contributed by atoms with Crippen LogP contribution in [0.25, 0.3) is 0 Å². The first-order chi connectivity index (χ1) is 12.7. The summed E-state index contributed by atoms with van der Waals surface area (Å²) in [6.07, 6.45) is 1.01. The zero-order valence-electron chi connectivity index (χ0n) is 16.3. The van der Waals surface area contributed by atoms with Crippen LogP contribution in [-0.4, -0.2) is 60.8 Å². The topological polar surface area (TPSA) is 94.6 Å². The first-order valence-electron chi connectivity index (χ1n) is 9.32. The molecule has 7 nitrogen and oxygen atoms in total. The minimum atomic E-state index is -0.673. The van der Waals surface area contributed by atoms with Gasteiger partial charge < -0.3 is 24.1 Å². The summed E-state index contributed by atoms with van der Waals surface area (Å²) in [6, 6.07) is 0. The summed E-state index contributed by atoms with van der Waals surface area (Å²) < 4.78 is 22.7. The first-order valence-corrected chi connectivity index (χ1v) is 9.32. The fraction of sp³-hybridized carbons (Fsp3) is 0.700. The number of methoxy groups -OCH3 is 1. The minimum absolute atomic E-state index is 0.0829. The largest absolute Gasteiger partial charge is 0.461 e. The van der Waals surface area contributed by atoms with E-state index in [1.807, 2.05) is 6.92 Å². The number of ether oxygens (including phenoxy) is 4. The molecule has 27 heavy (non-hydrogen) atoms. The third kappa shape index (κ3) is 3.81.